The number of amides is 1. The van der Waals surface area contributed by atoms with Crippen LogP contribution in [0.4, 0.5) is 0 Å². The number of nitrogens with zero attached hydrogens (tertiary/aromatic N) is 2. The maximum atomic E-state index is 12.9. The van der Waals surface area contributed by atoms with Gasteiger partial charge < -0.3 is 10.0 Å². The van der Waals surface area contributed by atoms with E-state index in [1.54, 1.807) is 0 Å². The van der Waals surface area contributed by atoms with Crippen LogP contribution in [0, 0.1) is 0 Å². The summed E-state index contributed by atoms with van der Waals surface area (Å²) in [5.74, 6) is 0.203. The lowest BCUT2D eigenvalue weighted by Crippen LogP contribution is -2.43. The first-order chi connectivity index (χ1) is 11.6. The second-order valence-electron chi connectivity index (χ2n) is 7.46. The number of fused-ring (bicyclic) bond motifs is 1. The quantitative estimate of drug-likeness (QED) is 0.903. The molecule has 24 heavy (non-hydrogen) atoms. The van der Waals surface area contributed by atoms with E-state index in [-0.39, 0.29) is 18.1 Å². The maximum Gasteiger partial charge on any atom is 0.237 e. The molecule has 0 bridgehead atoms. The summed E-state index contributed by atoms with van der Waals surface area (Å²) in [4.78, 5) is 17.1. The topological polar surface area (TPSA) is 43.8 Å². The molecule has 4 heteroatoms. The number of hydrogen-bond acceptors (Lipinski definition) is 3. The van der Waals surface area contributed by atoms with Gasteiger partial charge in [-0.15, -0.1) is 0 Å². The van der Waals surface area contributed by atoms with Gasteiger partial charge >= 0.3 is 0 Å². The van der Waals surface area contributed by atoms with Gasteiger partial charge in [0.2, 0.25) is 5.91 Å². The van der Waals surface area contributed by atoms with E-state index in [4.69, 9.17) is 0 Å². The van der Waals surface area contributed by atoms with Crippen LogP contribution in [0.1, 0.15) is 56.2 Å². The summed E-state index contributed by atoms with van der Waals surface area (Å²) in [5.41, 5.74) is 2.71. The van der Waals surface area contributed by atoms with Crippen molar-refractivity contribution in [1.82, 2.24) is 9.80 Å². The van der Waals surface area contributed by atoms with Crippen molar-refractivity contribution in [2.24, 2.45) is 0 Å². The van der Waals surface area contributed by atoms with Gasteiger partial charge in [-0.2, -0.15) is 0 Å². The number of likely N-dealkylation sites (N-methyl/N-ethyl adjacent to an activating group) is 1. The SMILES string of the molecule is CC(O)CC1CCCN1CC(=O)N(C)C1CCCc2ccccc21. The molecule has 3 unspecified atom stereocenters. The van der Waals surface area contributed by atoms with Crippen molar-refractivity contribution in [2.75, 3.05) is 20.1 Å². The highest BCUT2D eigenvalue weighted by molar-refractivity contribution is 5.78. The highest BCUT2D eigenvalue weighted by atomic mass is 16.3. The third kappa shape index (κ3) is 3.81. The molecule has 0 saturated carbocycles. The van der Waals surface area contributed by atoms with Crippen molar-refractivity contribution in [3.63, 3.8) is 0 Å². The van der Waals surface area contributed by atoms with Crippen LogP contribution in [0.2, 0.25) is 0 Å². The lowest BCUT2D eigenvalue weighted by molar-refractivity contribution is -0.134. The summed E-state index contributed by atoms with van der Waals surface area (Å²) >= 11 is 0. The van der Waals surface area contributed by atoms with E-state index in [2.05, 4.69) is 29.2 Å². The number of aryl methyl sites for hydroxylation is 1. The zero-order valence-electron chi connectivity index (χ0n) is 14.9. The molecule has 3 atom stereocenters. The Kier molecular flexibility index (Phi) is 5.57. The number of benzene rings is 1. The minimum Gasteiger partial charge on any atom is -0.393 e. The van der Waals surface area contributed by atoms with E-state index in [0.29, 0.717) is 12.6 Å². The van der Waals surface area contributed by atoms with Crippen LogP contribution in [0.3, 0.4) is 0 Å². The smallest absolute Gasteiger partial charge is 0.237 e. The Balaban J connectivity index is 1.65. The van der Waals surface area contributed by atoms with E-state index in [1.165, 1.54) is 11.1 Å². The monoisotopic (exact) mass is 330 g/mol. The molecular formula is C20H30N2O2. The zero-order chi connectivity index (χ0) is 17.1. The third-order valence-electron chi connectivity index (χ3n) is 5.65. The largest absolute Gasteiger partial charge is 0.393 e. The molecule has 4 nitrogen and oxygen atoms in total. The number of likely N-dealkylation sites (tertiary alicyclic amines) is 1. The summed E-state index contributed by atoms with van der Waals surface area (Å²) < 4.78 is 0. The Labute approximate surface area is 145 Å². The summed E-state index contributed by atoms with van der Waals surface area (Å²) in [7, 11) is 1.95. The second-order valence-corrected chi connectivity index (χ2v) is 7.46. The molecule has 1 aliphatic carbocycles. The first kappa shape index (κ1) is 17.4. The van der Waals surface area contributed by atoms with Gasteiger partial charge in [-0.25, -0.2) is 0 Å². The molecule has 1 aliphatic heterocycles. The molecule has 132 valence electrons. The van der Waals surface area contributed by atoms with Gasteiger partial charge in [0.05, 0.1) is 18.7 Å². The molecule has 0 spiro atoms. The van der Waals surface area contributed by atoms with E-state index in [0.717, 1.165) is 45.1 Å². The lowest BCUT2D eigenvalue weighted by Gasteiger charge is -2.35. The first-order valence-corrected chi connectivity index (χ1v) is 9.32. The highest BCUT2D eigenvalue weighted by Gasteiger charge is 2.31. The number of aliphatic hydroxyl groups excluding tert-OH is 1. The van der Waals surface area contributed by atoms with Gasteiger partial charge in [0, 0.05) is 13.1 Å². The molecule has 0 radical (unpaired) electrons. The fourth-order valence-corrected chi connectivity index (χ4v) is 4.35. The molecule has 3 rings (SSSR count). The lowest BCUT2D eigenvalue weighted by atomic mass is 9.87. The minimum absolute atomic E-state index is 0.203. The summed E-state index contributed by atoms with van der Waals surface area (Å²) in [5, 5.41) is 9.66. The molecule has 1 aromatic rings. The number of hydrogen-bond donors (Lipinski definition) is 1. The van der Waals surface area contributed by atoms with Crippen molar-refractivity contribution in [1.29, 1.82) is 0 Å². The van der Waals surface area contributed by atoms with Gasteiger partial charge in [0.1, 0.15) is 0 Å². The van der Waals surface area contributed by atoms with Crippen LogP contribution in [0.25, 0.3) is 0 Å². The zero-order valence-corrected chi connectivity index (χ0v) is 14.9. The van der Waals surface area contributed by atoms with E-state index in [9.17, 15) is 9.90 Å². The molecule has 2 aliphatic rings. The number of rotatable bonds is 5. The fourth-order valence-electron chi connectivity index (χ4n) is 4.35. The van der Waals surface area contributed by atoms with Crippen LogP contribution < -0.4 is 0 Å². The van der Waals surface area contributed by atoms with E-state index in [1.807, 2.05) is 18.9 Å². The molecule has 1 fully saturated rings. The Morgan fingerprint density at radius 2 is 2.12 bits per heavy atom. The molecule has 1 N–H and O–H groups in total. The maximum absolute atomic E-state index is 12.9. The molecule has 0 aromatic heterocycles. The van der Waals surface area contributed by atoms with E-state index >= 15 is 0 Å². The average molecular weight is 330 g/mol. The molecule has 1 aromatic carbocycles. The van der Waals surface area contributed by atoms with Crippen LogP contribution in [-0.4, -0.2) is 53.1 Å². The number of carbonyl (C=O) groups is 1. The molecule has 1 saturated heterocycles. The number of carbonyl (C=O) groups excluding carboxylic acids is 1. The molecular weight excluding hydrogens is 300 g/mol. The van der Waals surface area contributed by atoms with E-state index < -0.39 is 0 Å². The Hall–Kier alpha value is -1.39. The normalized spacial score (nSPS) is 25.3. The van der Waals surface area contributed by atoms with Crippen molar-refractivity contribution < 1.29 is 9.90 Å². The average Bonchev–Trinajstić information content (AvgIpc) is 2.99. The van der Waals surface area contributed by atoms with Gasteiger partial charge in [0.25, 0.3) is 0 Å². The van der Waals surface area contributed by atoms with Gasteiger partial charge in [0.15, 0.2) is 0 Å². The summed E-state index contributed by atoms with van der Waals surface area (Å²) in [6.07, 6.45) is 6.01. The first-order valence-electron chi connectivity index (χ1n) is 9.32. The van der Waals surface area contributed by atoms with Crippen LogP contribution in [-0.2, 0) is 11.2 Å². The number of aliphatic hydroxyl groups is 1. The minimum atomic E-state index is -0.298. The van der Waals surface area contributed by atoms with Crippen LogP contribution in [0.15, 0.2) is 24.3 Å². The highest BCUT2D eigenvalue weighted by Crippen LogP contribution is 2.33. The van der Waals surface area contributed by atoms with Crippen LogP contribution in [0.5, 0.6) is 0 Å². The Morgan fingerprint density at radius 3 is 2.92 bits per heavy atom. The van der Waals surface area contributed by atoms with Crippen molar-refractivity contribution in [2.45, 2.75) is 63.6 Å². The third-order valence-corrected chi connectivity index (χ3v) is 5.65. The summed E-state index contributed by atoms with van der Waals surface area (Å²) in [6, 6.07) is 9.09. The van der Waals surface area contributed by atoms with Gasteiger partial charge in [-0.1, -0.05) is 24.3 Å². The fraction of sp³-hybridized carbons (Fsp3) is 0.650. The van der Waals surface area contributed by atoms with Crippen molar-refractivity contribution >= 4 is 5.91 Å². The Bertz CT molecular complexity index is 573. The second kappa shape index (κ2) is 7.66. The Morgan fingerprint density at radius 1 is 1.33 bits per heavy atom. The van der Waals surface area contributed by atoms with Crippen molar-refractivity contribution in [3.8, 4) is 0 Å². The van der Waals surface area contributed by atoms with Crippen molar-refractivity contribution in [3.05, 3.63) is 35.4 Å². The predicted octanol–water partition coefficient (Wildman–Crippen LogP) is 2.76. The standard InChI is InChI=1S/C20H30N2O2/c1-15(23)13-17-9-6-12-22(17)14-20(24)21(2)19-11-5-8-16-7-3-4-10-18(16)19/h3-4,7,10,15,17,19,23H,5-6,8-9,11-14H2,1-2H3. The summed E-state index contributed by atoms with van der Waals surface area (Å²) in [6.45, 7) is 3.29. The van der Waals surface area contributed by atoms with Gasteiger partial charge in [-0.05, 0) is 63.1 Å². The predicted molar refractivity (Wildman–Crippen MR) is 95.8 cm³/mol. The molecule has 1 heterocycles. The molecule has 1 amide bonds. The van der Waals surface area contributed by atoms with Crippen LogP contribution >= 0.6 is 0 Å². The van der Waals surface area contributed by atoms with Gasteiger partial charge in [-0.3, -0.25) is 9.69 Å².